The number of carbonyl (C=O) groups excluding carboxylic acids is 1. The zero-order chi connectivity index (χ0) is 24.4. The summed E-state index contributed by atoms with van der Waals surface area (Å²) in [6, 6.07) is 25.8. The van der Waals surface area contributed by atoms with E-state index in [9.17, 15) is 9.59 Å². The van der Waals surface area contributed by atoms with Crippen molar-refractivity contribution < 1.29 is 9.53 Å². The lowest BCUT2D eigenvalue weighted by Crippen LogP contribution is -2.40. The van der Waals surface area contributed by atoms with Gasteiger partial charge in [0.05, 0.1) is 29.0 Å². The molecule has 0 spiro atoms. The number of anilines is 1. The average Bonchev–Trinajstić information content (AvgIpc) is 3.19. The lowest BCUT2D eigenvalue weighted by Gasteiger charge is -2.25. The molecule has 6 nitrogen and oxygen atoms in total. The fourth-order valence-electron chi connectivity index (χ4n) is 4.13. The Morgan fingerprint density at radius 3 is 2.31 bits per heavy atom. The number of amides is 1. The number of hydrogen-bond donors (Lipinski definition) is 1. The van der Waals surface area contributed by atoms with Gasteiger partial charge in [0.1, 0.15) is 5.75 Å². The van der Waals surface area contributed by atoms with Crippen LogP contribution in [0, 0.1) is 0 Å². The number of ether oxygens (including phenoxy) is 1. The van der Waals surface area contributed by atoms with Gasteiger partial charge in [-0.1, -0.05) is 72.0 Å². The summed E-state index contributed by atoms with van der Waals surface area (Å²) in [5, 5.41) is 2.96. The summed E-state index contributed by atoms with van der Waals surface area (Å²) in [6.45, 7) is 1.82. The third-order valence-electron chi connectivity index (χ3n) is 5.83. The van der Waals surface area contributed by atoms with Crippen LogP contribution in [0.15, 0.2) is 106 Å². The summed E-state index contributed by atoms with van der Waals surface area (Å²) in [7, 11) is 1.62. The van der Waals surface area contributed by atoms with Gasteiger partial charge in [0.25, 0.3) is 11.5 Å². The Morgan fingerprint density at radius 2 is 1.66 bits per heavy atom. The van der Waals surface area contributed by atoms with Crippen LogP contribution in [-0.4, -0.2) is 17.6 Å². The van der Waals surface area contributed by atoms with Gasteiger partial charge in [-0.05, 0) is 48.4 Å². The van der Waals surface area contributed by atoms with Crippen molar-refractivity contribution in [2.24, 2.45) is 4.99 Å². The van der Waals surface area contributed by atoms with E-state index in [0.29, 0.717) is 26.3 Å². The molecule has 1 atom stereocenters. The third-order valence-corrected chi connectivity index (χ3v) is 6.81. The Hall–Kier alpha value is -4.23. The number of fused-ring (bicyclic) bond motifs is 1. The van der Waals surface area contributed by atoms with Gasteiger partial charge in [0.2, 0.25) is 0 Å². The van der Waals surface area contributed by atoms with Crippen molar-refractivity contribution in [2.45, 2.75) is 13.0 Å². The number of nitrogens with zero attached hydrogens (tertiary/aromatic N) is 2. The zero-order valence-electron chi connectivity index (χ0n) is 19.3. The minimum Gasteiger partial charge on any atom is -0.497 e. The first-order chi connectivity index (χ1) is 17.0. The van der Waals surface area contributed by atoms with Crippen LogP contribution in [0.5, 0.6) is 5.75 Å². The number of rotatable bonds is 5. The van der Waals surface area contributed by atoms with Gasteiger partial charge < -0.3 is 10.1 Å². The molecule has 35 heavy (non-hydrogen) atoms. The van der Waals surface area contributed by atoms with E-state index in [2.05, 4.69) is 10.3 Å². The fourth-order valence-corrected chi connectivity index (χ4v) is 5.18. The summed E-state index contributed by atoms with van der Waals surface area (Å²) in [6.07, 6.45) is 1.84. The highest BCUT2D eigenvalue weighted by Crippen LogP contribution is 2.30. The summed E-state index contributed by atoms with van der Waals surface area (Å²) < 4.78 is 7.40. The number of nitrogens with one attached hydrogen (secondary N) is 1. The summed E-state index contributed by atoms with van der Waals surface area (Å²) in [5.74, 6) is 0.466. The van der Waals surface area contributed by atoms with Gasteiger partial charge in [0, 0.05) is 5.69 Å². The number of allylic oxidation sites excluding steroid dienone is 1. The van der Waals surface area contributed by atoms with Crippen LogP contribution in [0.3, 0.4) is 0 Å². The molecule has 0 unspecified atom stereocenters. The molecule has 1 aliphatic heterocycles. The predicted molar refractivity (Wildman–Crippen MR) is 138 cm³/mol. The second kappa shape index (κ2) is 9.56. The highest BCUT2D eigenvalue weighted by molar-refractivity contribution is 7.07. The van der Waals surface area contributed by atoms with Crippen LogP contribution < -0.4 is 24.9 Å². The normalized spacial score (nSPS) is 15.4. The van der Waals surface area contributed by atoms with Crippen LogP contribution >= 0.6 is 11.3 Å². The first kappa shape index (κ1) is 22.6. The Kier molecular flexibility index (Phi) is 6.16. The monoisotopic (exact) mass is 481 g/mol. The second-order valence-electron chi connectivity index (χ2n) is 8.09. The van der Waals surface area contributed by atoms with Crippen molar-refractivity contribution in [3.8, 4) is 5.75 Å². The van der Waals surface area contributed by atoms with Crippen molar-refractivity contribution in [3.05, 3.63) is 127 Å². The number of hydrogen-bond acceptors (Lipinski definition) is 5. The lowest BCUT2D eigenvalue weighted by atomic mass is 9.95. The molecule has 0 aliphatic carbocycles. The van der Waals surface area contributed by atoms with E-state index in [-0.39, 0.29) is 11.5 Å². The Morgan fingerprint density at radius 1 is 1.00 bits per heavy atom. The van der Waals surface area contributed by atoms with E-state index in [0.717, 1.165) is 16.9 Å². The molecule has 1 aliphatic rings. The largest absolute Gasteiger partial charge is 0.497 e. The van der Waals surface area contributed by atoms with E-state index in [1.165, 1.54) is 11.3 Å². The van der Waals surface area contributed by atoms with E-state index in [1.54, 1.807) is 11.7 Å². The fraction of sp³-hybridized carbons (Fsp3) is 0.107. The second-order valence-corrected chi connectivity index (χ2v) is 9.09. The van der Waals surface area contributed by atoms with Crippen molar-refractivity contribution in [1.82, 2.24) is 4.57 Å². The number of aromatic nitrogens is 1. The van der Waals surface area contributed by atoms with Gasteiger partial charge in [-0.2, -0.15) is 0 Å². The molecule has 5 rings (SSSR count). The number of para-hydroxylation sites is 1. The molecule has 3 aromatic carbocycles. The van der Waals surface area contributed by atoms with Gasteiger partial charge in [-0.25, -0.2) is 4.99 Å². The molecular weight excluding hydrogens is 458 g/mol. The summed E-state index contributed by atoms with van der Waals surface area (Å²) >= 11 is 1.32. The van der Waals surface area contributed by atoms with E-state index in [1.807, 2.05) is 97.9 Å². The molecule has 0 saturated heterocycles. The number of methoxy groups -OCH3 is 1. The van der Waals surface area contributed by atoms with Crippen LogP contribution in [0.4, 0.5) is 5.69 Å². The van der Waals surface area contributed by atoms with Gasteiger partial charge in [-0.3, -0.25) is 14.2 Å². The zero-order valence-corrected chi connectivity index (χ0v) is 20.1. The standard InChI is InChI=1S/C28H23N3O3S/c1-18-24(26(32)30-21-11-7-4-8-12-21)25(20-9-5-3-6-10-20)31-27(33)23(35-28(31)29-18)17-19-13-15-22(34-2)16-14-19/h3-17,25H,1-2H3,(H,30,32)/b23-17-/t25-/m1/s1. The average molecular weight is 482 g/mol. The lowest BCUT2D eigenvalue weighted by molar-refractivity contribution is -0.113. The predicted octanol–water partition coefficient (Wildman–Crippen LogP) is 3.88. The highest BCUT2D eigenvalue weighted by atomic mass is 32.1. The first-order valence-corrected chi connectivity index (χ1v) is 11.9. The van der Waals surface area contributed by atoms with Crippen molar-refractivity contribution in [3.63, 3.8) is 0 Å². The molecule has 1 amide bonds. The SMILES string of the molecule is COc1ccc(/C=c2\sc3n(c2=O)[C@H](c2ccccc2)C(C(=O)Nc2ccccc2)=C(C)N=3)cc1. The Bertz CT molecular complexity index is 1590. The first-order valence-electron chi connectivity index (χ1n) is 11.1. The molecule has 1 N–H and O–H groups in total. The molecule has 2 heterocycles. The number of benzene rings is 3. The molecule has 0 bridgehead atoms. The van der Waals surface area contributed by atoms with Gasteiger partial charge >= 0.3 is 0 Å². The van der Waals surface area contributed by atoms with E-state index >= 15 is 0 Å². The van der Waals surface area contributed by atoms with Crippen molar-refractivity contribution in [1.29, 1.82) is 0 Å². The quantitative estimate of drug-likeness (QED) is 0.470. The Balaban J connectivity index is 1.64. The van der Waals surface area contributed by atoms with Crippen molar-refractivity contribution in [2.75, 3.05) is 12.4 Å². The number of thiazole rings is 1. The minimum atomic E-state index is -0.589. The number of carbonyl (C=O) groups is 1. The van der Waals surface area contributed by atoms with Crippen LogP contribution in [0.1, 0.15) is 24.1 Å². The molecule has 1 aromatic heterocycles. The maximum atomic E-state index is 13.7. The van der Waals surface area contributed by atoms with E-state index in [4.69, 9.17) is 4.74 Å². The summed E-state index contributed by atoms with van der Waals surface area (Å²) in [5.41, 5.74) is 3.26. The highest BCUT2D eigenvalue weighted by Gasteiger charge is 2.32. The molecule has 7 heteroatoms. The van der Waals surface area contributed by atoms with Gasteiger partial charge in [-0.15, -0.1) is 0 Å². The smallest absolute Gasteiger partial charge is 0.271 e. The van der Waals surface area contributed by atoms with Crippen molar-refractivity contribution >= 4 is 29.0 Å². The maximum absolute atomic E-state index is 13.7. The van der Waals surface area contributed by atoms with Crippen LogP contribution in [0.25, 0.3) is 6.08 Å². The van der Waals surface area contributed by atoms with Gasteiger partial charge in [0.15, 0.2) is 4.80 Å². The Labute approximate surface area is 206 Å². The van der Waals surface area contributed by atoms with E-state index < -0.39 is 6.04 Å². The third kappa shape index (κ3) is 4.46. The van der Waals surface area contributed by atoms with Crippen LogP contribution in [0.2, 0.25) is 0 Å². The maximum Gasteiger partial charge on any atom is 0.271 e. The molecule has 0 saturated carbocycles. The molecule has 0 radical (unpaired) electrons. The topological polar surface area (TPSA) is 72.7 Å². The molecule has 0 fully saturated rings. The minimum absolute atomic E-state index is 0.184. The molecular formula is C28H23N3O3S. The molecule has 4 aromatic rings. The summed E-state index contributed by atoms with van der Waals surface area (Å²) in [4.78, 5) is 32.4. The molecule has 174 valence electrons. The van der Waals surface area contributed by atoms with Crippen LogP contribution in [-0.2, 0) is 4.79 Å².